The summed E-state index contributed by atoms with van der Waals surface area (Å²) in [5.41, 5.74) is 4.18. The van der Waals surface area contributed by atoms with Gasteiger partial charge in [0.2, 0.25) is 11.8 Å². The molecule has 0 aromatic carbocycles. The predicted octanol–water partition coefficient (Wildman–Crippen LogP) is 2.09. The summed E-state index contributed by atoms with van der Waals surface area (Å²) in [6.07, 6.45) is 6.30. The molecule has 5 N–H and O–H groups in total. The molecular formula is C23H31N7O3S2. The molecule has 0 unspecified atom stereocenters. The number of methoxy groups -OCH3 is 1. The number of rotatable bonds is 8. The summed E-state index contributed by atoms with van der Waals surface area (Å²) in [7, 11) is 3.39. The van der Waals surface area contributed by atoms with Crippen molar-refractivity contribution in [3.05, 3.63) is 22.1 Å². The number of carbonyl (C=O) groups excluding carboxylic acids is 2. The third-order valence-corrected chi connectivity index (χ3v) is 8.41. The number of anilines is 2. The number of nitrogens with one attached hydrogen (secondary N) is 3. The SMILES string of the molecule is COc1cc(N(C(=S)NN)[C@H]2CCc3sc(NC(=O)C4CC4)c(C(=O)NCC4CC4)c3C2)n(C)n1. The summed E-state index contributed by atoms with van der Waals surface area (Å²) in [4.78, 5) is 29.0. The summed E-state index contributed by atoms with van der Waals surface area (Å²) in [6.45, 7) is 0.672. The zero-order valence-corrected chi connectivity index (χ0v) is 21.6. The van der Waals surface area contributed by atoms with Crippen molar-refractivity contribution in [2.45, 2.75) is 51.0 Å². The van der Waals surface area contributed by atoms with Crippen molar-refractivity contribution in [3.8, 4) is 5.88 Å². The molecular weight excluding hydrogens is 486 g/mol. The smallest absolute Gasteiger partial charge is 0.254 e. The topological polar surface area (TPSA) is 127 Å². The van der Waals surface area contributed by atoms with Gasteiger partial charge < -0.3 is 20.8 Å². The fraction of sp³-hybridized carbons (Fsp3) is 0.565. The summed E-state index contributed by atoms with van der Waals surface area (Å²) in [6, 6.07) is 1.76. The van der Waals surface area contributed by atoms with Crippen molar-refractivity contribution in [2.75, 3.05) is 23.9 Å². The van der Waals surface area contributed by atoms with Gasteiger partial charge in [-0.1, -0.05) is 0 Å². The predicted molar refractivity (Wildman–Crippen MR) is 139 cm³/mol. The minimum Gasteiger partial charge on any atom is -0.480 e. The molecule has 5 rings (SSSR count). The van der Waals surface area contributed by atoms with Gasteiger partial charge in [0.05, 0.1) is 12.7 Å². The van der Waals surface area contributed by atoms with Gasteiger partial charge >= 0.3 is 0 Å². The Balaban J connectivity index is 1.46. The van der Waals surface area contributed by atoms with Gasteiger partial charge in [-0.3, -0.25) is 14.5 Å². The third kappa shape index (κ3) is 5.00. The van der Waals surface area contributed by atoms with Gasteiger partial charge in [-0.2, -0.15) is 0 Å². The number of thiophene rings is 1. The van der Waals surface area contributed by atoms with E-state index in [2.05, 4.69) is 21.2 Å². The number of aryl methyl sites for hydroxylation is 2. The Morgan fingerprint density at radius 3 is 2.71 bits per heavy atom. The van der Waals surface area contributed by atoms with Crippen LogP contribution in [-0.4, -0.2) is 46.4 Å². The van der Waals surface area contributed by atoms with E-state index < -0.39 is 0 Å². The number of nitrogens with zero attached hydrogens (tertiary/aromatic N) is 3. The quantitative estimate of drug-likeness (QED) is 0.238. The molecule has 3 aliphatic carbocycles. The van der Waals surface area contributed by atoms with Crippen molar-refractivity contribution < 1.29 is 14.3 Å². The number of hydrazine groups is 1. The number of ether oxygens (including phenoxy) is 1. The Hall–Kier alpha value is -2.70. The summed E-state index contributed by atoms with van der Waals surface area (Å²) < 4.78 is 7.01. The third-order valence-electron chi connectivity index (χ3n) is 6.89. The van der Waals surface area contributed by atoms with Crippen LogP contribution in [0.25, 0.3) is 0 Å². The van der Waals surface area contributed by atoms with Crippen LogP contribution in [0.2, 0.25) is 0 Å². The van der Waals surface area contributed by atoms with Crippen LogP contribution < -0.4 is 31.5 Å². The standard InChI is InChI=1S/C23H31N7O3S2/c1-29-18(10-17(28-29)33-2)30(23(34)27-24)14-7-8-16-15(9-14)19(21(32)25-11-12-3-4-12)22(35-16)26-20(31)13-5-6-13/h10,12-14H,3-9,11,24H2,1-2H3,(H,25,32)(H,26,31)(H,27,34)/t14-/m0/s1. The van der Waals surface area contributed by atoms with Crippen LogP contribution in [0.15, 0.2) is 6.07 Å². The number of nitrogens with two attached hydrogens (primary N) is 1. The monoisotopic (exact) mass is 517 g/mol. The molecule has 3 aliphatic rings. The number of fused-ring (bicyclic) bond motifs is 1. The summed E-state index contributed by atoms with van der Waals surface area (Å²) >= 11 is 7.10. The first-order chi connectivity index (χ1) is 16.9. The normalized spacial score (nSPS) is 19.0. The average Bonchev–Trinajstić information content (AvgIpc) is 3.78. The molecule has 0 aliphatic heterocycles. The molecule has 1 atom stereocenters. The molecule has 2 aromatic rings. The van der Waals surface area contributed by atoms with E-state index in [1.54, 1.807) is 11.8 Å². The van der Waals surface area contributed by atoms with Crippen LogP contribution in [-0.2, 0) is 24.7 Å². The molecule has 0 spiro atoms. The summed E-state index contributed by atoms with van der Waals surface area (Å²) in [5.74, 6) is 7.48. The second-order valence-corrected chi connectivity index (χ2v) is 11.0. The summed E-state index contributed by atoms with van der Waals surface area (Å²) in [5, 5.41) is 11.6. The molecule has 2 amide bonds. The largest absolute Gasteiger partial charge is 0.480 e. The Morgan fingerprint density at radius 2 is 2.09 bits per heavy atom. The van der Waals surface area contributed by atoms with E-state index >= 15 is 0 Å². The molecule has 12 heteroatoms. The number of aromatic nitrogens is 2. The fourth-order valence-electron chi connectivity index (χ4n) is 4.60. The lowest BCUT2D eigenvalue weighted by Gasteiger charge is -2.35. The molecule has 35 heavy (non-hydrogen) atoms. The lowest BCUT2D eigenvalue weighted by Crippen LogP contribution is -2.51. The van der Waals surface area contributed by atoms with Gasteiger partial charge in [-0.15, -0.1) is 16.4 Å². The van der Waals surface area contributed by atoms with E-state index in [9.17, 15) is 9.59 Å². The highest BCUT2D eigenvalue weighted by molar-refractivity contribution is 7.80. The molecule has 2 fully saturated rings. The molecule has 0 saturated heterocycles. The highest BCUT2D eigenvalue weighted by Gasteiger charge is 2.36. The number of hydrogen-bond acceptors (Lipinski definition) is 7. The maximum Gasteiger partial charge on any atom is 0.254 e. The van der Waals surface area contributed by atoms with E-state index in [0.29, 0.717) is 40.4 Å². The molecule has 0 radical (unpaired) electrons. The second-order valence-electron chi connectivity index (χ2n) is 9.51. The number of hydrogen-bond donors (Lipinski definition) is 4. The fourth-order valence-corrected chi connectivity index (χ4v) is 6.09. The van der Waals surface area contributed by atoms with Crippen molar-refractivity contribution in [3.63, 3.8) is 0 Å². The molecule has 0 bridgehead atoms. The molecule has 10 nitrogen and oxygen atoms in total. The van der Waals surface area contributed by atoms with Crippen LogP contribution >= 0.6 is 23.6 Å². The van der Waals surface area contributed by atoms with Gasteiger partial charge in [0.1, 0.15) is 10.8 Å². The highest BCUT2D eigenvalue weighted by Crippen LogP contribution is 2.41. The second kappa shape index (κ2) is 9.75. The number of thiocarbonyl (C=S) groups is 1. The van der Waals surface area contributed by atoms with Crippen LogP contribution in [0.5, 0.6) is 5.88 Å². The Labute approximate surface area is 213 Å². The van der Waals surface area contributed by atoms with Crippen molar-refractivity contribution in [2.24, 2.45) is 24.7 Å². The lowest BCUT2D eigenvalue weighted by atomic mass is 9.90. The number of carbonyl (C=O) groups is 2. The van der Waals surface area contributed by atoms with Gasteiger partial charge in [0.25, 0.3) is 5.91 Å². The molecule has 188 valence electrons. The Morgan fingerprint density at radius 1 is 1.31 bits per heavy atom. The lowest BCUT2D eigenvalue weighted by molar-refractivity contribution is -0.117. The molecule has 2 aromatic heterocycles. The Bertz CT molecular complexity index is 1150. The Kier molecular flexibility index (Phi) is 6.69. The first-order valence-electron chi connectivity index (χ1n) is 12.0. The van der Waals surface area contributed by atoms with Gasteiger partial charge in [0, 0.05) is 36.5 Å². The van der Waals surface area contributed by atoms with Gasteiger partial charge in [0.15, 0.2) is 5.11 Å². The van der Waals surface area contributed by atoms with Gasteiger partial charge in [-0.05, 0) is 68.6 Å². The number of amides is 2. The van der Waals surface area contributed by atoms with E-state index in [1.165, 1.54) is 11.3 Å². The zero-order chi connectivity index (χ0) is 24.7. The highest BCUT2D eigenvalue weighted by atomic mass is 32.1. The van der Waals surface area contributed by atoms with Crippen LogP contribution in [0.1, 0.15) is 52.9 Å². The maximum atomic E-state index is 13.4. The first kappa shape index (κ1) is 24.0. The van der Waals surface area contributed by atoms with E-state index in [1.807, 2.05) is 18.0 Å². The van der Waals surface area contributed by atoms with Crippen molar-refractivity contribution in [1.82, 2.24) is 20.5 Å². The minimum atomic E-state index is -0.116. The van der Waals surface area contributed by atoms with Crippen LogP contribution in [0, 0.1) is 11.8 Å². The maximum absolute atomic E-state index is 13.4. The van der Waals surface area contributed by atoms with E-state index in [0.717, 1.165) is 54.8 Å². The van der Waals surface area contributed by atoms with Gasteiger partial charge in [-0.25, -0.2) is 10.5 Å². The van der Waals surface area contributed by atoms with E-state index in [-0.39, 0.29) is 23.8 Å². The molecule has 2 saturated carbocycles. The average molecular weight is 518 g/mol. The van der Waals surface area contributed by atoms with Crippen LogP contribution in [0.3, 0.4) is 0 Å². The zero-order valence-electron chi connectivity index (χ0n) is 19.9. The van der Waals surface area contributed by atoms with Crippen molar-refractivity contribution in [1.29, 1.82) is 0 Å². The van der Waals surface area contributed by atoms with E-state index in [4.69, 9.17) is 22.8 Å². The van der Waals surface area contributed by atoms with Crippen molar-refractivity contribution >= 4 is 51.3 Å². The minimum absolute atomic E-state index is 0.00788. The van der Waals surface area contributed by atoms with Crippen LogP contribution in [0.4, 0.5) is 10.8 Å². The first-order valence-corrected chi connectivity index (χ1v) is 13.2. The molecule has 2 heterocycles.